The summed E-state index contributed by atoms with van der Waals surface area (Å²) < 4.78 is 87.5. The third-order valence-electron chi connectivity index (χ3n) is 8.84. The summed E-state index contributed by atoms with van der Waals surface area (Å²) in [7, 11) is 0. The molecule has 268 valence electrons. The lowest BCUT2D eigenvalue weighted by atomic mass is 9.75. The SMILES string of the molecule is O=c1[nH]c(=O)n(C2CN(C(c3ccccc3)(c3ccccc3)c3ccccc3)CC(CO)O2)cc1C#CCc1cc(C(F)(F)F)cc(C(F)(F)F)c1. The Bertz CT molecular complexity index is 2060. The van der Waals surface area contributed by atoms with Crippen molar-refractivity contribution in [1.29, 1.82) is 0 Å². The van der Waals surface area contributed by atoms with E-state index >= 15 is 0 Å². The molecule has 2 unspecified atom stereocenters. The van der Waals surface area contributed by atoms with E-state index in [2.05, 4.69) is 21.7 Å². The number of nitrogens with one attached hydrogen (secondary N) is 1. The Hall–Kier alpha value is -5.42. The molecule has 5 aromatic rings. The molecule has 2 heterocycles. The number of H-pyrrole nitrogens is 1. The quantitative estimate of drug-likeness (QED) is 0.116. The Morgan fingerprint density at radius 1 is 0.731 bits per heavy atom. The van der Waals surface area contributed by atoms with Crippen LogP contribution in [0.5, 0.6) is 0 Å². The summed E-state index contributed by atoms with van der Waals surface area (Å²) in [6, 6.07) is 30.2. The molecule has 0 bridgehead atoms. The van der Waals surface area contributed by atoms with E-state index in [9.17, 15) is 41.0 Å². The zero-order valence-corrected chi connectivity index (χ0v) is 27.3. The van der Waals surface area contributed by atoms with E-state index in [1.165, 1.54) is 0 Å². The standard InChI is InChI=1S/C39H31F6N3O4/c40-38(41,42)31-19-26(20-32(21-31)39(43,44)45)11-10-12-27-22-48(36(51)46-35(27)50)34-24-47(23-33(25-49)52-34)37(28-13-4-1-5-14-28,29-15-6-2-7-16-29)30-17-8-3-9-18-30/h1-9,13-22,33-34,49H,11,23-25H2,(H,46,50,51). The first-order valence-corrected chi connectivity index (χ1v) is 16.1. The fourth-order valence-electron chi connectivity index (χ4n) is 6.58. The highest BCUT2D eigenvalue weighted by atomic mass is 19.4. The number of halogens is 6. The monoisotopic (exact) mass is 719 g/mol. The van der Waals surface area contributed by atoms with Gasteiger partial charge >= 0.3 is 18.0 Å². The van der Waals surface area contributed by atoms with Gasteiger partial charge in [-0.3, -0.25) is 19.2 Å². The van der Waals surface area contributed by atoms with Gasteiger partial charge in [0.15, 0.2) is 6.23 Å². The number of aromatic nitrogens is 2. The Morgan fingerprint density at radius 3 is 1.69 bits per heavy atom. The van der Waals surface area contributed by atoms with Crippen LogP contribution in [0.4, 0.5) is 26.3 Å². The number of aliphatic hydroxyl groups is 1. The topological polar surface area (TPSA) is 87.6 Å². The fraction of sp³-hybridized carbons (Fsp3) is 0.231. The number of nitrogens with zero attached hydrogens (tertiary/aromatic N) is 2. The molecule has 2 N–H and O–H groups in total. The Morgan fingerprint density at radius 2 is 1.23 bits per heavy atom. The molecule has 0 aliphatic carbocycles. The molecule has 1 aromatic heterocycles. The minimum absolute atomic E-state index is 0.0205. The van der Waals surface area contributed by atoms with Crippen LogP contribution in [-0.4, -0.2) is 45.4 Å². The molecular formula is C39H31F6N3O4. The summed E-state index contributed by atoms with van der Waals surface area (Å²) in [4.78, 5) is 30.4. The van der Waals surface area contributed by atoms with E-state index in [4.69, 9.17) is 4.74 Å². The Balaban J connectivity index is 1.41. The molecule has 1 saturated heterocycles. The normalized spacial score (nSPS) is 17.0. The molecule has 0 saturated carbocycles. The number of alkyl halides is 6. The molecule has 1 aliphatic heterocycles. The second kappa shape index (κ2) is 14.7. The molecule has 4 aromatic carbocycles. The van der Waals surface area contributed by atoms with Gasteiger partial charge in [0.1, 0.15) is 5.56 Å². The number of hydrogen-bond acceptors (Lipinski definition) is 5. The zero-order chi connectivity index (χ0) is 37.1. The van der Waals surface area contributed by atoms with Crippen molar-refractivity contribution in [2.24, 2.45) is 0 Å². The maximum Gasteiger partial charge on any atom is 0.416 e. The van der Waals surface area contributed by atoms with Crippen LogP contribution < -0.4 is 11.2 Å². The van der Waals surface area contributed by atoms with E-state index in [1.54, 1.807) is 0 Å². The van der Waals surface area contributed by atoms with Gasteiger partial charge in [-0.05, 0) is 40.5 Å². The van der Waals surface area contributed by atoms with E-state index in [0.717, 1.165) is 27.5 Å². The molecule has 2 atom stereocenters. The maximum absolute atomic E-state index is 13.4. The van der Waals surface area contributed by atoms with Gasteiger partial charge in [-0.2, -0.15) is 26.3 Å². The highest BCUT2D eigenvalue weighted by molar-refractivity contribution is 5.50. The number of morpholine rings is 1. The van der Waals surface area contributed by atoms with E-state index < -0.39 is 65.6 Å². The van der Waals surface area contributed by atoms with Gasteiger partial charge in [-0.15, -0.1) is 0 Å². The number of rotatable bonds is 7. The van der Waals surface area contributed by atoms with Crippen molar-refractivity contribution in [2.45, 2.75) is 36.6 Å². The first kappa shape index (κ1) is 36.4. The highest BCUT2D eigenvalue weighted by Crippen LogP contribution is 2.44. The molecule has 13 heteroatoms. The predicted molar refractivity (Wildman–Crippen MR) is 180 cm³/mol. The Labute approximate surface area is 293 Å². The third kappa shape index (κ3) is 7.45. The van der Waals surface area contributed by atoms with Crippen molar-refractivity contribution in [1.82, 2.24) is 14.5 Å². The van der Waals surface area contributed by atoms with Gasteiger partial charge in [-0.25, -0.2) is 4.79 Å². The van der Waals surface area contributed by atoms with Crippen molar-refractivity contribution in [3.63, 3.8) is 0 Å². The first-order valence-electron chi connectivity index (χ1n) is 16.1. The van der Waals surface area contributed by atoms with Crippen LogP contribution in [0.15, 0.2) is 125 Å². The second-order valence-corrected chi connectivity index (χ2v) is 12.2. The van der Waals surface area contributed by atoms with Gasteiger partial charge in [0.05, 0.1) is 29.4 Å². The van der Waals surface area contributed by atoms with Gasteiger partial charge < -0.3 is 9.84 Å². The summed E-state index contributed by atoms with van der Waals surface area (Å²) in [6.07, 6.45) is -11.4. The molecule has 52 heavy (non-hydrogen) atoms. The minimum atomic E-state index is -5.03. The molecular weight excluding hydrogens is 688 g/mol. The molecule has 0 amide bonds. The van der Waals surface area contributed by atoms with Crippen LogP contribution in [0.25, 0.3) is 0 Å². The van der Waals surface area contributed by atoms with E-state index in [-0.39, 0.29) is 30.3 Å². The molecule has 1 fully saturated rings. The van der Waals surface area contributed by atoms with Gasteiger partial charge in [-0.1, -0.05) is 103 Å². The van der Waals surface area contributed by atoms with Crippen LogP contribution in [0.2, 0.25) is 0 Å². The molecule has 1 aliphatic rings. The lowest BCUT2D eigenvalue weighted by molar-refractivity contribution is -0.151. The first-order chi connectivity index (χ1) is 24.8. The van der Waals surface area contributed by atoms with E-state index in [0.29, 0.717) is 12.1 Å². The van der Waals surface area contributed by atoms with Crippen molar-refractivity contribution in [2.75, 3.05) is 19.7 Å². The number of aromatic amines is 1. The van der Waals surface area contributed by atoms with Crippen LogP contribution >= 0.6 is 0 Å². The number of hydrogen-bond donors (Lipinski definition) is 2. The summed E-state index contributed by atoms with van der Waals surface area (Å²) in [6.45, 7) is -0.116. The van der Waals surface area contributed by atoms with Crippen LogP contribution in [0.1, 0.15) is 45.2 Å². The highest BCUT2D eigenvalue weighted by Gasteiger charge is 2.46. The maximum atomic E-state index is 13.4. The van der Waals surface area contributed by atoms with E-state index in [1.807, 2.05) is 91.0 Å². The predicted octanol–water partition coefficient (Wildman–Crippen LogP) is 6.35. The third-order valence-corrected chi connectivity index (χ3v) is 8.84. The van der Waals surface area contributed by atoms with Crippen LogP contribution in [0, 0.1) is 11.8 Å². The van der Waals surface area contributed by atoms with Gasteiger partial charge in [0, 0.05) is 25.7 Å². The largest absolute Gasteiger partial charge is 0.416 e. The van der Waals surface area contributed by atoms with Crippen molar-refractivity contribution in [3.05, 3.63) is 175 Å². The summed E-state index contributed by atoms with van der Waals surface area (Å²) in [5.74, 6) is 4.97. The lowest BCUT2D eigenvalue weighted by Crippen LogP contribution is -2.58. The fourth-order valence-corrected chi connectivity index (χ4v) is 6.58. The number of aliphatic hydroxyl groups excluding tert-OH is 1. The van der Waals surface area contributed by atoms with Gasteiger partial charge in [0.2, 0.25) is 0 Å². The summed E-state index contributed by atoms with van der Waals surface area (Å²) in [5.41, 5.74) is -3.63. The van der Waals surface area contributed by atoms with Crippen molar-refractivity contribution >= 4 is 0 Å². The average Bonchev–Trinajstić information content (AvgIpc) is 3.13. The number of ether oxygens (including phenoxy) is 1. The van der Waals surface area contributed by atoms with Gasteiger partial charge in [0.25, 0.3) is 5.56 Å². The summed E-state index contributed by atoms with van der Waals surface area (Å²) in [5, 5.41) is 10.4. The van der Waals surface area contributed by atoms with Crippen LogP contribution in [-0.2, 0) is 29.0 Å². The molecule has 0 radical (unpaired) electrons. The molecule has 6 rings (SSSR count). The summed E-state index contributed by atoms with van der Waals surface area (Å²) >= 11 is 0. The zero-order valence-electron chi connectivity index (χ0n) is 27.3. The van der Waals surface area contributed by atoms with Crippen molar-refractivity contribution in [3.8, 4) is 11.8 Å². The molecule has 0 spiro atoms. The lowest BCUT2D eigenvalue weighted by Gasteiger charge is -2.50. The minimum Gasteiger partial charge on any atom is -0.394 e. The van der Waals surface area contributed by atoms with Crippen LogP contribution in [0.3, 0.4) is 0 Å². The Kier molecular flexibility index (Phi) is 10.3. The molecule has 7 nitrogen and oxygen atoms in total. The van der Waals surface area contributed by atoms with Crippen molar-refractivity contribution < 1.29 is 36.2 Å². The smallest absolute Gasteiger partial charge is 0.394 e. The second-order valence-electron chi connectivity index (χ2n) is 12.2. The average molecular weight is 720 g/mol. The number of benzene rings is 4.